The minimum atomic E-state index is -1.36. The molecule has 5 unspecified atom stereocenters. The summed E-state index contributed by atoms with van der Waals surface area (Å²) in [7, 11) is 0. The molecule has 12 heteroatoms. The SMILES string of the molecule is C=C1CCC2C(C)(COC(=O)CCC(=O)[O-])C(OC(=O)CCC(=O)[O-])CCC2(C)C1CC=C1C=COC1=O.[K+].[Na+]. The number of carboxylic acid groups (broad SMARTS) is 2. The van der Waals surface area contributed by atoms with Gasteiger partial charge in [-0.05, 0) is 68.3 Å². The molecule has 0 bridgehead atoms. The number of rotatable bonds is 11. The third kappa shape index (κ3) is 9.10. The van der Waals surface area contributed by atoms with E-state index in [0.29, 0.717) is 37.7 Å². The summed E-state index contributed by atoms with van der Waals surface area (Å²) < 4.78 is 16.2. The first kappa shape index (κ1) is 37.2. The Balaban J connectivity index is 0.00000400. The van der Waals surface area contributed by atoms with Gasteiger partial charge in [0.15, 0.2) is 0 Å². The number of carbonyl (C=O) groups is 5. The van der Waals surface area contributed by atoms with Crippen LogP contribution in [-0.4, -0.2) is 42.6 Å². The maximum atomic E-state index is 12.5. The maximum absolute atomic E-state index is 12.5. The van der Waals surface area contributed by atoms with Crippen molar-refractivity contribution in [2.75, 3.05) is 6.61 Å². The summed E-state index contributed by atoms with van der Waals surface area (Å²) in [6, 6.07) is 0. The number of aliphatic carboxylic acids is 2. The Hall–Kier alpha value is -0.794. The molecule has 10 nitrogen and oxygen atoms in total. The van der Waals surface area contributed by atoms with E-state index in [9.17, 15) is 34.2 Å². The van der Waals surface area contributed by atoms with Crippen molar-refractivity contribution in [2.24, 2.45) is 22.7 Å². The molecule has 2 saturated carbocycles. The first-order chi connectivity index (χ1) is 17.9. The molecular formula is C28H34KNaO10. The van der Waals surface area contributed by atoms with Gasteiger partial charge in [-0.15, -0.1) is 0 Å². The van der Waals surface area contributed by atoms with Crippen molar-refractivity contribution in [1.82, 2.24) is 0 Å². The van der Waals surface area contributed by atoms with Gasteiger partial charge in [-0.25, -0.2) is 4.79 Å². The minimum absolute atomic E-state index is 0. The zero-order valence-corrected chi connectivity index (χ0v) is 28.9. The van der Waals surface area contributed by atoms with Gasteiger partial charge in [0.1, 0.15) is 12.7 Å². The van der Waals surface area contributed by atoms with E-state index in [0.717, 1.165) is 5.57 Å². The number of carboxylic acids is 2. The first-order valence-electron chi connectivity index (χ1n) is 12.9. The molecule has 3 rings (SSSR count). The standard InChI is InChI=1S/C28H36O10.K.Na/c1-17-4-7-20-27(2,19(17)6-5-18-13-15-36-26(18)35)14-12-21(38-25(34)11-9-23(31)32)28(20,3)16-37-24(33)10-8-22(29)30;;/h5,13,15,19-21H,1,4,6-12,14,16H2,2-3H3,(H,29,30)(H,31,32);;/q;2*+1/p-2. The molecule has 3 aliphatic rings. The van der Waals surface area contributed by atoms with Crippen LogP contribution >= 0.6 is 0 Å². The number of ether oxygens (including phenoxy) is 3. The smallest absolute Gasteiger partial charge is 0.550 e. The van der Waals surface area contributed by atoms with Crippen molar-refractivity contribution >= 4 is 29.8 Å². The van der Waals surface area contributed by atoms with Crippen LogP contribution in [0.1, 0.15) is 71.6 Å². The predicted molar refractivity (Wildman–Crippen MR) is 128 cm³/mol. The molecule has 0 saturated heterocycles. The summed E-state index contributed by atoms with van der Waals surface area (Å²) in [5.74, 6) is -4.58. The largest absolute Gasteiger partial charge is 1.00 e. The zero-order chi connectivity index (χ0) is 28.1. The van der Waals surface area contributed by atoms with E-state index in [1.165, 1.54) is 6.26 Å². The Morgan fingerprint density at radius 1 is 1.07 bits per heavy atom. The molecule has 2 aliphatic carbocycles. The van der Waals surface area contributed by atoms with Crippen molar-refractivity contribution < 1.29 is 129 Å². The molecule has 0 amide bonds. The average Bonchev–Trinajstić information content (AvgIpc) is 3.26. The summed E-state index contributed by atoms with van der Waals surface area (Å²) in [5, 5.41) is 21.6. The van der Waals surface area contributed by atoms with E-state index < -0.39 is 54.2 Å². The van der Waals surface area contributed by atoms with Crippen LogP contribution in [-0.2, 0) is 38.2 Å². The van der Waals surface area contributed by atoms with Crippen molar-refractivity contribution in [3.05, 3.63) is 36.1 Å². The molecule has 40 heavy (non-hydrogen) atoms. The Bertz CT molecular complexity index is 1070. The van der Waals surface area contributed by atoms with Crippen LogP contribution in [0.5, 0.6) is 0 Å². The van der Waals surface area contributed by atoms with Crippen LogP contribution < -0.4 is 91.2 Å². The summed E-state index contributed by atoms with van der Waals surface area (Å²) in [4.78, 5) is 58.3. The second-order valence-electron chi connectivity index (χ2n) is 10.8. The molecule has 208 valence electrons. The van der Waals surface area contributed by atoms with E-state index in [1.54, 1.807) is 6.08 Å². The molecule has 1 heterocycles. The quantitative estimate of drug-likeness (QED) is 0.0750. The Morgan fingerprint density at radius 3 is 2.27 bits per heavy atom. The summed E-state index contributed by atoms with van der Waals surface area (Å²) in [6.45, 7) is 8.23. The minimum Gasteiger partial charge on any atom is -0.550 e. The third-order valence-electron chi connectivity index (χ3n) is 8.43. The average molecular weight is 593 g/mol. The fourth-order valence-corrected chi connectivity index (χ4v) is 6.43. The number of fused-ring (bicyclic) bond motifs is 1. The molecule has 1 aliphatic heterocycles. The monoisotopic (exact) mass is 592 g/mol. The van der Waals surface area contributed by atoms with Crippen LogP contribution in [0.3, 0.4) is 0 Å². The summed E-state index contributed by atoms with van der Waals surface area (Å²) >= 11 is 0. The van der Waals surface area contributed by atoms with Crippen LogP contribution in [0, 0.1) is 22.7 Å². The molecule has 0 N–H and O–H groups in total. The van der Waals surface area contributed by atoms with E-state index in [2.05, 4.69) is 13.5 Å². The van der Waals surface area contributed by atoms with Gasteiger partial charge < -0.3 is 34.0 Å². The number of carbonyl (C=O) groups excluding carboxylic acids is 5. The number of allylic oxidation sites excluding steroid dienone is 2. The van der Waals surface area contributed by atoms with Gasteiger partial charge in [-0.2, -0.15) is 0 Å². The Morgan fingerprint density at radius 2 is 1.70 bits per heavy atom. The molecule has 0 aromatic rings. The first-order valence-corrected chi connectivity index (χ1v) is 12.9. The van der Waals surface area contributed by atoms with Crippen LogP contribution in [0.4, 0.5) is 0 Å². The van der Waals surface area contributed by atoms with E-state index in [1.807, 2.05) is 13.0 Å². The van der Waals surface area contributed by atoms with Crippen LogP contribution in [0.25, 0.3) is 0 Å². The van der Waals surface area contributed by atoms with Crippen molar-refractivity contribution in [3.63, 3.8) is 0 Å². The van der Waals surface area contributed by atoms with Gasteiger partial charge in [0.2, 0.25) is 0 Å². The fourth-order valence-electron chi connectivity index (χ4n) is 6.43. The van der Waals surface area contributed by atoms with Gasteiger partial charge in [0.25, 0.3) is 0 Å². The molecule has 5 atom stereocenters. The molecular weight excluding hydrogens is 558 g/mol. The fraction of sp³-hybridized carbons (Fsp3) is 0.607. The molecule has 2 fully saturated rings. The van der Waals surface area contributed by atoms with Gasteiger partial charge in [0, 0.05) is 17.4 Å². The normalized spacial score (nSPS) is 29.9. The number of cyclic esters (lactones) is 1. The Labute approximate surface area is 299 Å². The molecule has 0 radical (unpaired) electrons. The summed E-state index contributed by atoms with van der Waals surface area (Å²) in [5.41, 5.74) is 0.357. The van der Waals surface area contributed by atoms with Gasteiger partial charge >= 0.3 is 98.8 Å². The molecule has 0 aromatic carbocycles. The van der Waals surface area contributed by atoms with Crippen molar-refractivity contribution in [2.45, 2.75) is 77.7 Å². The van der Waals surface area contributed by atoms with Crippen molar-refractivity contribution in [3.8, 4) is 0 Å². The predicted octanol–water partition coefficient (Wildman–Crippen LogP) is -4.71. The number of hydrogen-bond acceptors (Lipinski definition) is 10. The molecule has 0 aromatic heterocycles. The molecule has 0 spiro atoms. The van der Waals surface area contributed by atoms with Gasteiger partial charge in [-0.1, -0.05) is 32.1 Å². The zero-order valence-electron chi connectivity index (χ0n) is 23.8. The van der Waals surface area contributed by atoms with Crippen LogP contribution in [0.15, 0.2) is 36.1 Å². The second kappa shape index (κ2) is 16.2. The number of esters is 3. The van der Waals surface area contributed by atoms with Crippen LogP contribution in [0.2, 0.25) is 0 Å². The van der Waals surface area contributed by atoms with E-state index >= 15 is 0 Å². The third-order valence-corrected chi connectivity index (χ3v) is 8.43. The topological polar surface area (TPSA) is 159 Å². The number of hydrogen-bond donors (Lipinski definition) is 0. The van der Waals surface area contributed by atoms with E-state index in [-0.39, 0.29) is 118 Å². The Kier molecular flexibility index (Phi) is 15.0. The summed E-state index contributed by atoms with van der Waals surface area (Å²) in [6.07, 6.45) is 5.61. The second-order valence-corrected chi connectivity index (χ2v) is 10.8. The van der Waals surface area contributed by atoms with Crippen molar-refractivity contribution in [1.29, 1.82) is 0 Å². The van der Waals surface area contributed by atoms with E-state index in [4.69, 9.17) is 14.2 Å². The maximum Gasteiger partial charge on any atom is 1.00 e. The van der Waals surface area contributed by atoms with Gasteiger partial charge in [-0.3, -0.25) is 9.59 Å². The van der Waals surface area contributed by atoms with Gasteiger partial charge in [0.05, 0.1) is 24.7 Å².